The Morgan fingerprint density at radius 1 is 0.824 bits per heavy atom. The second-order valence-electron chi connectivity index (χ2n) is 3.50. The predicted molar refractivity (Wildman–Crippen MR) is 74.0 cm³/mol. The zero-order valence-electron chi connectivity index (χ0n) is 8.81. The van der Waals surface area contributed by atoms with Crippen LogP contribution in [0.15, 0.2) is 42.5 Å². The molecule has 2 nitrogen and oxygen atoms in total. The summed E-state index contributed by atoms with van der Waals surface area (Å²) in [5, 5.41) is 17.7. The minimum atomic E-state index is 0.639. The van der Waals surface area contributed by atoms with Crippen molar-refractivity contribution in [2.75, 3.05) is 0 Å². The number of halogens is 1. The lowest BCUT2D eigenvalue weighted by molar-refractivity contribution is 1.45. The second kappa shape index (κ2) is 4.99. The molecule has 0 radical (unpaired) electrons. The summed E-state index contributed by atoms with van der Waals surface area (Å²) in [6.07, 6.45) is 0. The topological polar surface area (TPSA) is 47.6 Å². The molecule has 0 aliphatic carbocycles. The van der Waals surface area contributed by atoms with Crippen molar-refractivity contribution in [2.24, 2.45) is 0 Å². The Bertz CT molecular complexity index is 631. The largest absolute Gasteiger partial charge is 0.192 e. The quantitative estimate of drug-likeness (QED) is 0.749. The van der Waals surface area contributed by atoms with Gasteiger partial charge >= 0.3 is 0 Å². The van der Waals surface area contributed by atoms with Crippen molar-refractivity contribution in [3.8, 4) is 23.3 Å². The Hall–Kier alpha value is -1.85. The third-order valence-corrected chi connectivity index (χ3v) is 3.37. The number of nitrogens with zero attached hydrogens (tertiary/aromatic N) is 2. The summed E-state index contributed by atoms with van der Waals surface area (Å²) in [7, 11) is 0. The van der Waals surface area contributed by atoms with Crippen LogP contribution in [-0.2, 0) is 0 Å². The SMILES string of the molecule is N#Cc1ccc(-c2ccc(I)c(C#N)c2)cc1. The lowest BCUT2D eigenvalue weighted by Gasteiger charge is -2.03. The van der Waals surface area contributed by atoms with Crippen LogP contribution in [0, 0.1) is 26.2 Å². The van der Waals surface area contributed by atoms with E-state index in [9.17, 15) is 0 Å². The van der Waals surface area contributed by atoms with E-state index in [0.29, 0.717) is 11.1 Å². The van der Waals surface area contributed by atoms with Crippen molar-refractivity contribution < 1.29 is 0 Å². The van der Waals surface area contributed by atoms with Crippen LogP contribution >= 0.6 is 22.6 Å². The van der Waals surface area contributed by atoms with Crippen molar-refractivity contribution in [3.63, 3.8) is 0 Å². The van der Waals surface area contributed by atoms with E-state index < -0.39 is 0 Å². The van der Waals surface area contributed by atoms with Gasteiger partial charge in [0.25, 0.3) is 0 Å². The Labute approximate surface area is 113 Å². The normalized spacial score (nSPS) is 9.35. The van der Waals surface area contributed by atoms with E-state index in [1.165, 1.54) is 0 Å². The zero-order chi connectivity index (χ0) is 12.3. The van der Waals surface area contributed by atoms with E-state index in [2.05, 4.69) is 34.7 Å². The van der Waals surface area contributed by atoms with Gasteiger partial charge in [0.05, 0.1) is 17.2 Å². The Kier molecular flexibility index (Phi) is 3.41. The number of hydrogen-bond donors (Lipinski definition) is 0. The van der Waals surface area contributed by atoms with Gasteiger partial charge in [-0.2, -0.15) is 10.5 Å². The van der Waals surface area contributed by atoms with Crippen LogP contribution in [0.5, 0.6) is 0 Å². The molecule has 17 heavy (non-hydrogen) atoms. The van der Waals surface area contributed by atoms with E-state index in [-0.39, 0.29) is 0 Å². The van der Waals surface area contributed by atoms with Gasteiger partial charge in [0.15, 0.2) is 0 Å². The Morgan fingerprint density at radius 3 is 2.06 bits per heavy atom. The molecule has 0 atom stereocenters. The van der Waals surface area contributed by atoms with E-state index in [4.69, 9.17) is 10.5 Å². The molecule has 0 spiro atoms. The summed E-state index contributed by atoms with van der Waals surface area (Å²) in [5.74, 6) is 0. The van der Waals surface area contributed by atoms with Crippen molar-refractivity contribution in [1.82, 2.24) is 0 Å². The molecule has 0 bridgehead atoms. The molecule has 0 aromatic heterocycles. The average molecular weight is 330 g/mol. The van der Waals surface area contributed by atoms with Gasteiger partial charge in [0, 0.05) is 3.57 Å². The van der Waals surface area contributed by atoms with Crippen LogP contribution in [0.3, 0.4) is 0 Å². The Balaban J connectivity index is 2.47. The number of nitriles is 2. The highest BCUT2D eigenvalue weighted by Crippen LogP contribution is 2.23. The maximum atomic E-state index is 8.97. The van der Waals surface area contributed by atoms with Gasteiger partial charge in [-0.3, -0.25) is 0 Å². The molecule has 80 valence electrons. The fraction of sp³-hybridized carbons (Fsp3) is 0. The number of rotatable bonds is 1. The van der Waals surface area contributed by atoms with E-state index in [1.807, 2.05) is 30.3 Å². The van der Waals surface area contributed by atoms with Crippen molar-refractivity contribution in [1.29, 1.82) is 10.5 Å². The van der Waals surface area contributed by atoms with Gasteiger partial charge in [-0.1, -0.05) is 18.2 Å². The summed E-state index contributed by atoms with van der Waals surface area (Å²) in [6.45, 7) is 0. The molecular weight excluding hydrogens is 323 g/mol. The fourth-order valence-corrected chi connectivity index (χ4v) is 1.98. The van der Waals surface area contributed by atoms with E-state index in [1.54, 1.807) is 12.1 Å². The summed E-state index contributed by atoms with van der Waals surface area (Å²) < 4.78 is 0.947. The zero-order valence-corrected chi connectivity index (χ0v) is 11.0. The third kappa shape index (κ3) is 2.46. The molecule has 2 rings (SSSR count). The van der Waals surface area contributed by atoms with Crippen LogP contribution in [-0.4, -0.2) is 0 Å². The van der Waals surface area contributed by atoms with E-state index in [0.717, 1.165) is 14.7 Å². The molecule has 0 unspecified atom stereocenters. The van der Waals surface area contributed by atoms with Gasteiger partial charge in [-0.25, -0.2) is 0 Å². The summed E-state index contributed by atoms with van der Waals surface area (Å²) >= 11 is 2.14. The molecule has 0 saturated heterocycles. The minimum Gasteiger partial charge on any atom is -0.192 e. The highest BCUT2D eigenvalue weighted by atomic mass is 127. The first-order chi connectivity index (χ1) is 8.24. The molecule has 2 aromatic carbocycles. The molecule has 0 aliphatic rings. The van der Waals surface area contributed by atoms with Crippen molar-refractivity contribution >= 4 is 22.6 Å². The first-order valence-corrected chi connectivity index (χ1v) is 6.02. The number of benzene rings is 2. The summed E-state index contributed by atoms with van der Waals surface area (Å²) in [5.41, 5.74) is 3.32. The van der Waals surface area contributed by atoms with Crippen LogP contribution in [0.25, 0.3) is 11.1 Å². The standard InChI is InChI=1S/C14H7IN2/c15-14-6-5-12(7-13(14)9-17)11-3-1-10(8-16)2-4-11/h1-7H. The van der Waals surface area contributed by atoms with Gasteiger partial charge in [-0.15, -0.1) is 0 Å². The molecule has 0 heterocycles. The number of hydrogen-bond acceptors (Lipinski definition) is 2. The second-order valence-corrected chi connectivity index (χ2v) is 4.66. The first-order valence-electron chi connectivity index (χ1n) is 4.95. The third-order valence-electron chi connectivity index (χ3n) is 2.43. The lowest BCUT2D eigenvalue weighted by Crippen LogP contribution is -1.84. The molecule has 2 aromatic rings. The molecule has 0 aliphatic heterocycles. The highest BCUT2D eigenvalue weighted by molar-refractivity contribution is 14.1. The molecule has 0 N–H and O–H groups in total. The van der Waals surface area contributed by atoms with Crippen molar-refractivity contribution in [2.45, 2.75) is 0 Å². The van der Waals surface area contributed by atoms with Gasteiger partial charge in [0.1, 0.15) is 6.07 Å². The lowest BCUT2D eigenvalue weighted by atomic mass is 10.0. The molecular formula is C14H7IN2. The average Bonchev–Trinajstić information content (AvgIpc) is 2.39. The highest BCUT2D eigenvalue weighted by Gasteiger charge is 2.03. The van der Waals surface area contributed by atoms with Gasteiger partial charge < -0.3 is 0 Å². The predicted octanol–water partition coefficient (Wildman–Crippen LogP) is 3.70. The van der Waals surface area contributed by atoms with Crippen LogP contribution in [0.1, 0.15) is 11.1 Å². The van der Waals surface area contributed by atoms with Crippen LogP contribution < -0.4 is 0 Å². The maximum absolute atomic E-state index is 8.97. The van der Waals surface area contributed by atoms with Crippen LogP contribution in [0.4, 0.5) is 0 Å². The molecule has 0 amide bonds. The first kappa shape index (κ1) is 11.6. The molecule has 0 saturated carbocycles. The smallest absolute Gasteiger partial charge is 0.100 e. The van der Waals surface area contributed by atoms with E-state index >= 15 is 0 Å². The molecule has 3 heteroatoms. The summed E-state index contributed by atoms with van der Waals surface area (Å²) in [4.78, 5) is 0. The maximum Gasteiger partial charge on any atom is 0.100 e. The van der Waals surface area contributed by atoms with Crippen LogP contribution in [0.2, 0.25) is 0 Å². The van der Waals surface area contributed by atoms with Gasteiger partial charge in [-0.05, 0) is 58.0 Å². The Morgan fingerprint density at radius 2 is 1.47 bits per heavy atom. The van der Waals surface area contributed by atoms with Gasteiger partial charge in [0.2, 0.25) is 0 Å². The monoisotopic (exact) mass is 330 g/mol. The fourth-order valence-electron chi connectivity index (χ4n) is 1.53. The minimum absolute atomic E-state index is 0.639. The summed E-state index contributed by atoms with van der Waals surface area (Å²) in [6, 6.07) is 17.4. The van der Waals surface area contributed by atoms with Crippen molar-refractivity contribution in [3.05, 3.63) is 57.2 Å². The molecule has 0 fully saturated rings.